The van der Waals surface area contributed by atoms with Crippen LogP contribution in [0.5, 0.6) is 0 Å². The molecule has 0 amide bonds. The molecule has 1 N–H and O–H groups in total. The molecule has 0 unspecified atom stereocenters. The van der Waals surface area contributed by atoms with Crippen LogP contribution in [-0.2, 0) is 4.79 Å². The van der Waals surface area contributed by atoms with Gasteiger partial charge in [-0.05, 0) is 43.3 Å². The van der Waals surface area contributed by atoms with Crippen molar-refractivity contribution < 1.29 is 4.79 Å². The lowest BCUT2D eigenvalue weighted by Crippen LogP contribution is -2.20. The van der Waals surface area contributed by atoms with Crippen molar-refractivity contribution in [2.45, 2.75) is 13.8 Å². The number of ketones is 1. The third kappa shape index (κ3) is 3.34. The van der Waals surface area contributed by atoms with Gasteiger partial charge in [-0.2, -0.15) is 4.99 Å². The topological polar surface area (TPSA) is 53.8 Å². The van der Waals surface area contributed by atoms with Gasteiger partial charge in [0.25, 0.3) is 0 Å². The minimum absolute atomic E-state index is 0.0290. The molecule has 1 aromatic rings. The first-order valence-electron chi connectivity index (χ1n) is 5.38. The number of thioether (sulfide) groups is 1. The SMILES string of the molecule is CC(=O)CN=C1N=C(Nc2ccc(C)cc2Cl)S1. The highest BCUT2D eigenvalue weighted by atomic mass is 35.5. The Morgan fingerprint density at radius 1 is 1.56 bits per heavy atom. The summed E-state index contributed by atoms with van der Waals surface area (Å²) < 4.78 is 0. The maximum atomic E-state index is 10.7. The molecule has 0 radical (unpaired) electrons. The molecule has 0 spiro atoms. The van der Waals surface area contributed by atoms with E-state index < -0.39 is 0 Å². The number of halogens is 1. The minimum atomic E-state index is 0.0290. The van der Waals surface area contributed by atoms with E-state index in [1.54, 1.807) is 0 Å². The van der Waals surface area contributed by atoms with Crippen molar-refractivity contribution in [2.75, 3.05) is 11.9 Å². The molecule has 4 nitrogen and oxygen atoms in total. The summed E-state index contributed by atoms with van der Waals surface area (Å²) >= 11 is 7.49. The second-order valence-corrected chi connectivity index (χ2v) is 5.29. The molecule has 0 aliphatic carbocycles. The van der Waals surface area contributed by atoms with Crippen LogP contribution >= 0.6 is 23.4 Å². The van der Waals surface area contributed by atoms with Crippen LogP contribution < -0.4 is 5.32 Å². The summed E-state index contributed by atoms with van der Waals surface area (Å²) in [4.78, 5) is 18.9. The van der Waals surface area contributed by atoms with E-state index in [0.29, 0.717) is 10.2 Å². The first-order valence-corrected chi connectivity index (χ1v) is 6.57. The Bertz CT molecular complexity index is 554. The second-order valence-electron chi connectivity index (χ2n) is 3.93. The van der Waals surface area contributed by atoms with Crippen LogP contribution in [0.3, 0.4) is 0 Å². The molecule has 0 fully saturated rings. The van der Waals surface area contributed by atoms with Crippen LogP contribution in [0.4, 0.5) is 5.69 Å². The second kappa shape index (κ2) is 5.54. The van der Waals surface area contributed by atoms with Gasteiger partial charge in [0.1, 0.15) is 6.54 Å². The normalized spacial score (nSPS) is 16.2. The summed E-state index contributed by atoms with van der Waals surface area (Å²) in [5.41, 5.74) is 1.93. The van der Waals surface area contributed by atoms with Crippen LogP contribution in [-0.4, -0.2) is 22.7 Å². The van der Waals surface area contributed by atoms with Gasteiger partial charge in [-0.3, -0.25) is 9.79 Å². The van der Waals surface area contributed by atoms with Gasteiger partial charge in [0.2, 0.25) is 0 Å². The largest absolute Gasteiger partial charge is 0.333 e. The van der Waals surface area contributed by atoms with E-state index in [0.717, 1.165) is 16.4 Å². The number of hydrogen-bond acceptors (Lipinski definition) is 4. The van der Waals surface area contributed by atoms with Gasteiger partial charge in [0.05, 0.1) is 10.7 Å². The lowest BCUT2D eigenvalue weighted by molar-refractivity contribution is -0.115. The number of benzene rings is 1. The number of aliphatic imine (C=N–C) groups is 2. The zero-order valence-corrected chi connectivity index (χ0v) is 11.6. The Balaban J connectivity index is 1.99. The number of rotatable bonds is 3. The molecule has 1 aromatic carbocycles. The smallest absolute Gasteiger partial charge is 0.193 e. The Labute approximate surface area is 115 Å². The predicted molar refractivity (Wildman–Crippen MR) is 77.8 cm³/mol. The van der Waals surface area contributed by atoms with E-state index in [-0.39, 0.29) is 12.3 Å². The van der Waals surface area contributed by atoms with Crippen LogP contribution in [0.2, 0.25) is 5.02 Å². The van der Waals surface area contributed by atoms with Crippen molar-refractivity contribution >= 4 is 45.2 Å². The van der Waals surface area contributed by atoms with Crippen LogP contribution in [0.25, 0.3) is 0 Å². The van der Waals surface area contributed by atoms with Gasteiger partial charge >= 0.3 is 0 Å². The monoisotopic (exact) mass is 281 g/mol. The Kier molecular flexibility index (Phi) is 4.04. The third-order valence-corrected chi connectivity index (χ3v) is 3.29. The van der Waals surface area contributed by atoms with Gasteiger partial charge in [0.15, 0.2) is 16.1 Å². The highest BCUT2D eigenvalue weighted by molar-refractivity contribution is 8.29. The fraction of sp³-hybridized carbons (Fsp3) is 0.250. The summed E-state index contributed by atoms with van der Waals surface area (Å²) in [6.45, 7) is 3.67. The van der Waals surface area contributed by atoms with Gasteiger partial charge in [-0.25, -0.2) is 0 Å². The zero-order chi connectivity index (χ0) is 13.1. The highest BCUT2D eigenvalue weighted by Crippen LogP contribution is 2.27. The molecule has 1 aliphatic rings. The van der Waals surface area contributed by atoms with E-state index >= 15 is 0 Å². The zero-order valence-electron chi connectivity index (χ0n) is 10.0. The van der Waals surface area contributed by atoms with Crippen molar-refractivity contribution in [1.82, 2.24) is 0 Å². The van der Waals surface area contributed by atoms with Crippen LogP contribution in [0, 0.1) is 6.92 Å². The number of nitrogens with zero attached hydrogens (tertiary/aromatic N) is 2. The molecular formula is C12H12ClN3OS. The van der Waals surface area contributed by atoms with Crippen molar-refractivity contribution in [3.8, 4) is 0 Å². The Hall–Kier alpha value is -1.33. The summed E-state index contributed by atoms with van der Waals surface area (Å²) in [6, 6.07) is 5.77. The lowest BCUT2D eigenvalue weighted by Gasteiger charge is -2.17. The number of anilines is 1. The van der Waals surface area contributed by atoms with Crippen molar-refractivity contribution in [3.63, 3.8) is 0 Å². The van der Waals surface area contributed by atoms with E-state index in [1.807, 2.05) is 25.1 Å². The van der Waals surface area contributed by atoms with E-state index in [1.165, 1.54) is 18.7 Å². The average Bonchev–Trinajstić information content (AvgIpc) is 2.23. The van der Waals surface area contributed by atoms with E-state index in [4.69, 9.17) is 11.6 Å². The fourth-order valence-corrected chi connectivity index (χ4v) is 2.20. The first kappa shape index (κ1) is 13.1. The molecule has 0 aromatic heterocycles. The van der Waals surface area contributed by atoms with Gasteiger partial charge in [-0.1, -0.05) is 17.7 Å². The number of amidine groups is 2. The number of nitrogens with one attached hydrogen (secondary N) is 1. The average molecular weight is 282 g/mol. The summed E-state index contributed by atoms with van der Waals surface area (Å²) in [7, 11) is 0. The number of hydrogen-bond donors (Lipinski definition) is 1. The molecule has 6 heteroatoms. The molecule has 0 saturated heterocycles. The molecule has 1 heterocycles. The standard InChI is InChI=1S/C12H12ClN3OS/c1-7-3-4-10(9(13)5-7)15-12-16-11(18-12)14-6-8(2)17/h3-5H,6H2,1-2H3,(H,14,15,16). The molecule has 0 atom stereocenters. The van der Waals surface area contributed by atoms with E-state index in [9.17, 15) is 4.79 Å². The quantitative estimate of drug-likeness (QED) is 0.926. The van der Waals surface area contributed by atoms with Crippen LogP contribution in [0.15, 0.2) is 28.2 Å². The number of carbonyl (C=O) groups excluding carboxylic acids is 1. The third-order valence-electron chi connectivity index (χ3n) is 2.19. The molecule has 0 saturated carbocycles. The fourth-order valence-electron chi connectivity index (χ4n) is 1.32. The number of Topliss-reactive ketones (excluding diaryl/α,β-unsaturated/α-hetero) is 1. The lowest BCUT2D eigenvalue weighted by atomic mass is 10.2. The number of carbonyl (C=O) groups is 1. The minimum Gasteiger partial charge on any atom is -0.333 e. The molecule has 18 heavy (non-hydrogen) atoms. The summed E-state index contributed by atoms with van der Waals surface area (Å²) in [6.07, 6.45) is 0. The van der Waals surface area contributed by atoms with E-state index in [2.05, 4.69) is 15.3 Å². The molecule has 0 bridgehead atoms. The Morgan fingerprint density at radius 3 is 2.89 bits per heavy atom. The number of aryl methyl sites for hydroxylation is 1. The van der Waals surface area contributed by atoms with Gasteiger partial charge < -0.3 is 5.32 Å². The van der Waals surface area contributed by atoms with Crippen molar-refractivity contribution in [1.29, 1.82) is 0 Å². The summed E-state index contributed by atoms with van der Waals surface area (Å²) in [5, 5.41) is 5.13. The van der Waals surface area contributed by atoms with Gasteiger partial charge in [0, 0.05) is 0 Å². The van der Waals surface area contributed by atoms with Crippen molar-refractivity contribution in [3.05, 3.63) is 28.8 Å². The summed E-state index contributed by atoms with van der Waals surface area (Å²) in [5.74, 6) is 0.0290. The van der Waals surface area contributed by atoms with Gasteiger partial charge in [-0.15, -0.1) is 0 Å². The maximum Gasteiger partial charge on any atom is 0.193 e. The molecule has 94 valence electrons. The Morgan fingerprint density at radius 2 is 2.28 bits per heavy atom. The molecule has 2 rings (SSSR count). The molecular weight excluding hydrogens is 270 g/mol. The highest BCUT2D eigenvalue weighted by Gasteiger charge is 2.18. The van der Waals surface area contributed by atoms with Crippen molar-refractivity contribution in [2.24, 2.45) is 9.98 Å². The maximum absolute atomic E-state index is 10.7. The predicted octanol–water partition coefficient (Wildman–Crippen LogP) is 3.11. The molecule has 1 aliphatic heterocycles. The van der Waals surface area contributed by atoms with Crippen LogP contribution in [0.1, 0.15) is 12.5 Å². The first-order chi connectivity index (χ1) is 8.54.